The highest BCUT2D eigenvalue weighted by atomic mass is 19.1. The van der Waals surface area contributed by atoms with E-state index in [1.54, 1.807) is 12.3 Å². The van der Waals surface area contributed by atoms with Crippen molar-refractivity contribution in [3.05, 3.63) is 59.2 Å². The summed E-state index contributed by atoms with van der Waals surface area (Å²) in [4.78, 5) is 8.20. The smallest absolute Gasteiger partial charge is 0.132 e. The number of nitrogens with two attached hydrogens (primary N) is 1. The maximum Gasteiger partial charge on any atom is 0.132 e. The number of aromatic nitrogens is 2. The van der Waals surface area contributed by atoms with Gasteiger partial charge in [-0.05, 0) is 23.8 Å². The van der Waals surface area contributed by atoms with Gasteiger partial charge in [0, 0.05) is 25.2 Å². The summed E-state index contributed by atoms with van der Waals surface area (Å²) in [6.45, 7) is 0.313. The topological polar surface area (TPSA) is 51.8 Å². The van der Waals surface area contributed by atoms with Crippen molar-refractivity contribution < 1.29 is 8.78 Å². The van der Waals surface area contributed by atoms with Gasteiger partial charge < -0.3 is 5.73 Å². The van der Waals surface area contributed by atoms with Gasteiger partial charge in [-0.1, -0.05) is 0 Å². The zero-order valence-electron chi connectivity index (χ0n) is 9.03. The molecule has 1 aromatic carbocycles. The van der Waals surface area contributed by atoms with Crippen molar-refractivity contribution in [2.45, 2.75) is 13.0 Å². The minimum absolute atomic E-state index is 0.280. The third-order valence-corrected chi connectivity index (χ3v) is 2.26. The summed E-state index contributed by atoms with van der Waals surface area (Å²) in [5, 5.41) is 0. The molecule has 2 N–H and O–H groups in total. The number of rotatable bonds is 3. The largest absolute Gasteiger partial charge is 0.325 e. The van der Waals surface area contributed by atoms with Crippen LogP contribution in [0.5, 0.6) is 0 Å². The minimum Gasteiger partial charge on any atom is -0.325 e. The van der Waals surface area contributed by atoms with Crippen LogP contribution in [0, 0.1) is 11.6 Å². The van der Waals surface area contributed by atoms with Gasteiger partial charge in [-0.25, -0.2) is 18.7 Å². The Morgan fingerprint density at radius 3 is 2.47 bits per heavy atom. The van der Waals surface area contributed by atoms with E-state index in [1.807, 2.05) is 0 Å². The van der Waals surface area contributed by atoms with Crippen LogP contribution in [-0.4, -0.2) is 9.97 Å². The van der Waals surface area contributed by atoms with Crippen LogP contribution in [0.1, 0.15) is 17.1 Å². The van der Waals surface area contributed by atoms with Gasteiger partial charge >= 0.3 is 0 Å². The van der Waals surface area contributed by atoms with E-state index in [-0.39, 0.29) is 6.42 Å². The molecule has 0 saturated heterocycles. The summed E-state index contributed by atoms with van der Waals surface area (Å²) >= 11 is 0. The number of halogens is 2. The van der Waals surface area contributed by atoms with Crippen LogP contribution in [0.3, 0.4) is 0 Å². The Morgan fingerprint density at radius 2 is 1.82 bits per heavy atom. The van der Waals surface area contributed by atoms with Crippen molar-refractivity contribution in [2.24, 2.45) is 5.73 Å². The van der Waals surface area contributed by atoms with Gasteiger partial charge in [0.1, 0.15) is 17.5 Å². The SMILES string of the molecule is NCc1ccnc(Cc2cc(F)cc(F)c2)n1. The van der Waals surface area contributed by atoms with Crippen molar-refractivity contribution >= 4 is 0 Å². The monoisotopic (exact) mass is 235 g/mol. The van der Waals surface area contributed by atoms with Gasteiger partial charge in [0.2, 0.25) is 0 Å². The lowest BCUT2D eigenvalue weighted by molar-refractivity contribution is 0.580. The molecule has 2 rings (SSSR count). The van der Waals surface area contributed by atoms with Crippen LogP contribution in [0.15, 0.2) is 30.5 Å². The molecule has 88 valence electrons. The van der Waals surface area contributed by atoms with Gasteiger partial charge in [-0.15, -0.1) is 0 Å². The maximum atomic E-state index is 13.0. The molecule has 17 heavy (non-hydrogen) atoms. The summed E-state index contributed by atoms with van der Waals surface area (Å²) < 4.78 is 26.0. The van der Waals surface area contributed by atoms with Gasteiger partial charge in [0.25, 0.3) is 0 Å². The van der Waals surface area contributed by atoms with Crippen LogP contribution >= 0.6 is 0 Å². The predicted molar refractivity (Wildman–Crippen MR) is 59.1 cm³/mol. The number of hydrogen-bond acceptors (Lipinski definition) is 3. The Labute approximate surface area is 97.3 Å². The number of hydrogen-bond donors (Lipinski definition) is 1. The predicted octanol–water partition coefficient (Wildman–Crippen LogP) is 1.80. The molecule has 0 amide bonds. The second-order valence-corrected chi connectivity index (χ2v) is 3.62. The fraction of sp³-hybridized carbons (Fsp3) is 0.167. The molecule has 2 aromatic rings. The van der Waals surface area contributed by atoms with E-state index in [2.05, 4.69) is 9.97 Å². The van der Waals surface area contributed by atoms with E-state index in [4.69, 9.17) is 5.73 Å². The molecule has 0 aliphatic heterocycles. The standard InChI is InChI=1S/C12H11F2N3/c13-9-3-8(4-10(14)6-9)5-12-16-2-1-11(7-15)17-12/h1-4,6H,5,7,15H2. The minimum atomic E-state index is -0.602. The summed E-state index contributed by atoms with van der Waals surface area (Å²) in [5.74, 6) is -0.706. The summed E-state index contributed by atoms with van der Waals surface area (Å²) in [6.07, 6.45) is 1.86. The van der Waals surface area contributed by atoms with Crippen molar-refractivity contribution in [2.75, 3.05) is 0 Å². The fourth-order valence-corrected chi connectivity index (χ4v) is 1.54. The highest BCUT2D eigenvalue weighted by molar-refractivity contribution is 5.21. The van der Waals surface area contributed by atoms with Crippen LogP contribution in [0.2, 0.25) is 0 Å². The molecule has 1 heterocycles. The van der Waals surface area contributed by atoms with Crippen LogP contribution < -0.4 is 5.73 Å². The lowest BCUT2D eigenvalue weighted by Gasteiger charge is -2.03. The van der Waals surface area contributed by atoms with Crippen molar-refractivity contribution in [3.8, 4) is 0 Å². The summed E-state index contributed by atoms with van der Waals surface area (Å²) in [5.41, 5.74) is 6.65. The molecular formula is C12H11F2N3. The fourth-order valence-electron chi connectivity index (χ4n) is 1.54. The maximum absolute atomic E-state index is 13.0. The first kappa shape index (κ1) is 11.6. The lowest BCUT2D eigenvalue weighted by Crippen LogP contribution is -2.04. The van der Waals surface area contributed by atoms with E-state index >= 15 is 0 Å². The van der Waals surface area contributed by atoms with Gasteiger partial charge in [-0.2, -0.15) is 0 Å². The van der Waals surface area contributed by atoms with E-state index < -0.39 is 11.6 Å². The first-order valence-corrected chi connectivity index (χ1v) is 5.13. The first-order valence-electron chi connectivity index (χ1n) is 5.13. The van der Waals surface area contributed by atoms with Crippen molar-refractivity contribution in [1.29, 1.82) is 0 Å². The lowest BCUT2D eigenvalue weighted by atomic mass is 10.1. The molecule has 1 aromatic heterocycles. The number of benzene rings is 1. The molecule has 0 fully saturated rings. The van der Waals surface area contributed by atoms with Gasteiger partial charge in [0.05, 0.1) is 5.69 Å². The molecule has 0 saturated carbocycles. The quantitative estimate of drug-likeness (QED) is 0.882. The second kappa shape index (κ2) is 4.97. The zero-order chi connectivity index (χ0) is 12.3. The Bertz CT molecular complexity index is 509. The Morgan fingerprint density at radius 1 is 1.12 bits per heavy atom. The second-order valence-electron chi connectivity index (χ2n) is 3.62. The van der Waals surface area contributed by atoms with Crippen LogP contribution in [0.4, 0.5) is 8.78 Å². The molecule has 0 atom stereocenters. The molecule has 0 unspecified atom stereocenters. The molecule has 0 aliphatic carbocycles. The Kier molecular flexibility index (Phi) is 3.39. The third kappa shape index (κ3) is 3.04. The molecule has 5 heteroatoms. The molecule has 0 radical (unpaired) electrons. The summed E-state index contributed by atoms with van der Waals surface area (Å²) in [6, 6.07) is 5.07. The Hall–Kier alpha value is -1.88. The number of nitrogens with zero attached hydrogens (tertiary/aromatic N) is 2. The molecule has 0 bridgehead atoms. The average molecular weight is 235 g/mol. The highest BCUT2D eigenvalue weighted by Crippen LogP contribution is 2.11. The normalized spacial score (nSPS) is 10.5. The van der Waals surface area contributed by atoms with Crippen LogP contribution in [0.25, 0.3) is 0 Å². The highest BCUT2D eigenvalue weighted by Gasteiger charge is 2.04. The van der Waals surface area contributed by atoms with Gasteiger partial charge in [-0.3, -0.25) is 0 Å². The molecule has 3 nitrogen and oxygen atoms in total. The molecular weight excluding hydrogens is 224 g/mol. The van der Waals surface area contributed by atoms with E-state index in [1.165, 1.54) is 12.1 Å². The Balaban J connectivity index is 2.24. The first-order chi connectivity index (χ1) is 8.17. The average Bonchev–Trinajstić information content (AvgIpc) is 2.28. The van der Waals surface area contributed by atoms with E-state index in [0.29, 0.717) is 23.6 Å². The van der Waals surface area contributed by atoms with Crippen molar-refractivity contribution in [3.63, 3.8) is 0 Å². The summed E-state index contributed by atoms with van der Waals surface area (Å²) in [7, 11) is 0. The zero-order valence-corrected chi connectivity index (χ0v) is 9.03. The van der Waals surface area contributed by atoms with Crippen LogP contribution in [-0.2, 0) is 13.0 Å². The molecule has 0 aliphatic rings. The van der Waals surface area contributed by atoms with E-state index in [9.17, 15) is 8.78 Å². The van der Waals surface area contributed by atoms with E-state index in [0.717, 1.165) is 6.07 Å². The van der Waals surface area contributed by atoms with Crippen molar-refractivity contribution in [1.82, 2.24) is 9.97 Å². The van der Waals surface area contributed by atoms with Gasteiger partial charge in [0.15, 0.2) is 0 Å². The molecule has 0 spiro atoms. The third-order valence-electron chi connectivity index (χ3n) is 2.26.